The number of rotatable bonds is 0. The molecule has 0 fully saturated rings. The Bertz CT molecular complexity index is 145. The number of nitrogens with zero attached hydrogens (tertiary/aromatic N) is 1. The Balaban J connectivity index is 0.000000222. The van der Waals surface area contributed by atoms with Gasteiger partial charge in [-0.05, 0) is 0 Å². The Hall–Kier alpha value is -0.291. The van der Waals surface area contributed by atoms with Crippen LogP contribution in [-0.4, -0.2) is 0 Å². The molecule has 0 spiro atoms. The number of thiophene rings is 1. The molecule has 0 aliphatic heterocycles. The van der Waals surface area contributed by atoms with E-state index in [1.165, 1.54) is 0 Å². The monoisotopic (exact) mass is 173 g/mol. The van der Waals surface area contributed by atoms with Crippen molar-refractivity contribution in [2.75, 3.05) is 0 Å². The molecule has 0 bridgehead atoms. The molecule has 0 aromatic carbocycles. The quantitative estimate of drug-likeness (QED) is 0.539. The van der Waals surface area contributed by atoms with Crippen molar-refractivity contribution in [3.8, 4) is 6.57 Å². The Morgan fingerprint density at radius 3 is 2.38 bits per heavy atom. The van der Waals surface area contributed by atoms with Gasteiger partial charge in [-0.3, -0.25) is 0 Å². The molecule has 0 unspecified atom stereocenters. The average Bonchev–Trinajstić information content (AvgIpc) is 2.24. The minimum absolute atomic E-state index is 0.947. The SMILES string of the molecule is C#N.[Cu][c]1cccs1. The van der Waals surface area contributed by atoms with Gasteiger partial charge in [-0.25, -0.2) is 5.26 Å². The van der Waals surface area contributed by atoms with Crippen LogP contribution in [-0.2, 0) is 16.0 Å². The van der Waals surface area contributed by atoms with Crippen molar-refractivity contribution >= 4 is 15.1 Å². The van der Waals surface area contributed by atoms with Crippen molar-refractivity contribution in [1.82, 2.24) is 0 Å². The summed E-state index contributed by atoms with van der Waals surface area (Å²) in [7, 11) is 0. The van der Waals surface area contributed by atoms with Crippen molar-refractivity contribution in [3.63, 3.8) is 0 Å². The van der Waals surface area contributed by atoms with Crippen molar-refractivity contribution in [2.45, 2.75) is 0 Å². The standard InChI is InChI=1S/C4H3S.CHN.Cu/c1-2-4-5-3-1;1-2;/h1-3H;1H;. The summed E-state index contributed by atoms with van der Waals surface area (Å²) in [5.74, 6) is 0. The van der Waals surface area contributed by atoms with E-state index in [2.05, 4.69) is 6.57 Å². The van der Waals surface area contributed by atoms with E-state index >= 15 is 0 Å². The van der Waals surface area contributed by atoms with Gasteiger partial charge in [0.2, 0.25) is 0 Å². The summed E-state index contributed by atoms with van der Waals surface area (Å²) < 4.78 is 0.947. The van der Waals surface area contributed by atoms with E-state index in [-0.39, 0.29) is 0 Å². The van der Waals surface area contributed by atoms with E-state index in [9.17, 15) is 0 Å². The van der Waals surface area contributed by atoms with Crippen LogP contribution in [0.4, 0.5) is 0 Å². The second kappa shape index (κ2) is 4.86. The minimum atomic E-state index is 0.947. The summed E-state index contributed by atoms with van der Waals surface area (Å²) in [6, 6.07) is 3.85. The van der Waals surface area contributed by atoms with Gasteiger partial charge in [0.05, 0.1) is 0 Å². The van der Waals surface area contributed by atoms with Crippen LogP contribution in [0.1, 0.15) is 0 Å². The predicted molar refractivity (Wildman–Crippen MR) is 30.6 cm³/mol. The third-order valence-electron chi connectivity index (χ3n) is 0.465. The zero-order valence-electron chi connectivity index (χ0n) is 3.97. The molecule has 46 valence electrons. The maximum atomic E-state index is 6.50. The van der Waals surface area contributed by atoms with Crippen molar-refractivity contribution in [2.24, 2.45) is 0 Å². The van der Waals surface area contributed by atoms with Crippen LogP contribution in [0.2, 0.25) is 0 Å². The number of hydrogen-bond donors (Lipinski definition) is 0. The summed E-state index contributed by atoms with van der Waals surface area (Å²) in [4.78, 5) is 0. The van der Waals surface area contributed by atoms with Crippen molar-refractivity contribution in [1.29, 1.82) is 5.26 Å². The summed E-state index contributed by atoms with van der Waals surface area (Å²) in [5.41, 5.74) is 0. The van der Waals surface area contributed by atoms with Crippen LogP contribution in [0.25, 0.3) is 0 Å². The first-order valence-electron chi connectivity index (χ1n) is 1.80. The molecule has 1 aromatic rings. The molecule has 0 aliphatic rings. The fourth-order valence-corrected chi connectivity index (χ4v) is 0.963. The first-order valence-corrected chi connectivity index (χ1v) is 3.15. The summed E-state index contributed by atoms with van der Waals surface area (Å²) >= 11 is 6.48. The van der Waals surface area contributed by atoms with Crippen molar-refractivity contribution < 1.29 is 16.0 Å². The molecule has 0 saturated carbocycles. The fourth-order valence-electron chi connectivity index (χ4n) is 0.246. The van der Waals surface area contributed by atoms with Gasteiger partial charge in [0, 0.05) is 6.57 Å². The molecule has 0 atom stereocenters. The third-order valence-corrected chi connectivity index (χ3v) is 1.59. The van der Waals surface area contributed by atoms with Crippen LogP contribution in [0.3, 0.4) is 0 Å². The Morgan fingerprint density at radius 1 is 1.62 bits per heavy atom. The van der Waals surface area contributed by atoms with Gasteiger partial charge in [0.15, 0.2) is 0 Å². The molecular formula is C5H4CuNS. The first-order chi connectivity index (χ1) is 3.89. The molecule has 1 nitrogen and oxygen atoms in total. The second-order valence-corrected chi connectivity index (χ2v) is 2.59. The number of hydrogen-bond acceptors (Lipinski definition) is 2. The molecule has 0 aliphatic carbocycles. The summed E-state index contributed by atoms with van der Waals surface area (Å²) in [6.07, 6.45) is 0. The van der Waals surface area contributed by atoms with Crippen LogP contribution in [0.5, 0.6) is 0 Å². The molecule has 1 aromatic heterocycles. The van der Waals surface area contributed by atoms with Crippen LogP contribution < -0.4 is 3.78 Å². The average molecular weight is 174 g/mol. The van der Waals surface area contributed by atoms with Gasteiger partial charge in [0.1, 0.15) is 0 Å². The normalized spacial score (nSPS) is 7.00. The van der Waals surface area contributed by atoms with Crippen LogP contribution in [0, 0.1) is 11.8 Å². The summed E-state index contributed by atoms with van der Waals surface area (Å²) in [5, 5.41) is 8.47. The van der Waals surface area contributed by atoms with Crippen LogP contribution in [0.15, 0.2) is 17.5 Å². The molecule has 0 N–H and O–H groups in total. The van der Waals surface area contributed by atoms with E-state index < -0.39 is 0 Å². The zero-order chi connectivity index (χ0) is 6.41. The second-order valence-electron chi connectivity index (χ2n) is 0.879. The first kappa shape index (κ1) is 7.71. The molecule has 1 heterocycles. The molecule has 8 heavy (non-hydrogen) atoms. The molecular weight excluding hydrogens is 170 g/mol. The zero-order valence-corrected chi connectivity index (χ0v) is 5.72. The summed E-state index contributed by atoms with van der Waals surface area (Å²) in [6.45, 7) is 3.50. The Labute approximate surface area is 60.8 Å². The van der Waals surface area contributed by atoms with Crippen molar-refractivity contribution in [3.05, 3.63) is 17.5 Å². The van der Waals surface area contributed by atoms with Gasteiger partial charge in [0.25, 0.3) is 0 Å². The number of nitriles is 1. The van der Waals surface area contributed by atoms with Gasteiger partial charge >= 0.3 is 48.6 Å². The van der Waals surface area contributed by atoms with Gasteiger partial charge < -0.3 is 0 Å². The Kier molecular flexibility index (Phi) is 4.68. The molecule has 0 radical (unpaired) electrons. The molecule has 1 rings (SSSR count). The molecule has 0 amide bonds. The predicted octanol–water partition coefficient (Wildman–Crippen LogP) is 1.06. The maximum absolute atomic E-state index is 6.50. The molecule has 0 saturated heterocycles. The Morgan fingerprint density at radius 2 is 2.25 bits per heavy atom. The van der Waals surface area contributed by atoms with Gasteiger partial charge in [-0.2, -0.15) is 0 Å². The topological polar surface area (TPSA) is 23.8 Å². The van der Waals surface area contributed by atoms with Gasteiger partial charge in [-0.15, -0.1) is 0 Å². The van der Waals surface area contributed by atoms with Crippen LogP contribution >= 0.6 is 11.3 Å². The van der Waals surface area contributed by atoms with E-state index in [0.717, 1.165) is 3.78 Å². The van der Waals surface area contributed by atoms with Gasteiger partial charge in [-0.1, -0.05) is 0 Å². The van der Waals surface area contributed by atoms with E-state index in [0.29, 0.717) is 0 Å². The van der Waals surface area contributed by atoms with E-state index in [1.54, 1.807) is 11.3 Å². The van der Waals surface area contributed by atoms with E-state index in [4.69, 9.17) is 21.3 Å². The third kappa shape index (κ3) is 2.81. The molecule has 3 heteroatoms. The fraction of sp³-hybridized carbons (Fsp3) is 0. The van der Waals surface area contributed by atoms with E-state index in [1.807, 2.05) is 17.5 Å².